The minimum absolute atomic E-state index is 0.0741. The van der Waals surface area contributed by atoms with E-state index in [-0.39, 0.29) is 12.2 Å². The summed E-state index contributed by atoms with van der Waals surface area (Å²) in [7, 11) is 1.51. The fourth-order valence-electron chi connectivity index (χ4n) is 2.76. The Kier molecular flexibility index (Phi) is 8.28. The second-order valence-corrected chi connectivity index (χ2v) is 6.94. The van der Waals surface area contributed by atoms with Crippen LogP contribution < -0.4 is 20.1 Å². The maximum absolute atomic E-state index is 13.6. The van der Waals surface area contributed by atoms with Crippen LogP contribution in [0.2, 0.25) is 0 Å². The summed E-state index contributed by atoms with van der Waals surface area (Å²) in [6, 6.07) is 13.8. The Labute approximate surface area is 197 Å². The van der Waals surface area contributed by atoms with Crippen LogP contribution in [0.25, 0.3) is 0 Å². The van der Waals surface area contributed by atoms with E-state index in [2.05, 4.69) is 5.32 Å². The van der Waals surface area contributed by atoms with Crippen LogP contribution in [0, 0.1) is 17.5 Å². The number of benzene rings is 3. The van der Waals surface area contributed by atoms with Crippen LogP contribution in [0.5, 0.6) is 11.5 Å². The van der Waals surface area contributed by atoms with Gasteiger partial charge in [-0.1, -0.05) is 6.07 Å². The summed E-state index contributed by atoms with van der Waals surface area (Å²) in [4.78, 5) is 36.0. The van der Waals surface area contributed by atoms with Crippen LogP contribution in [0.15, 0.2) is 60.7 Å². The van der Waals surface area contributed by atoms with E-state index in [0.717, 1.165) is 6.07 Å². The first-order valence-corrected chi connectivity index (χ1v) is 10.0. The summed E-state index contributed by atoms with van der Waals surface area (Å²) in [6.45, 7) is -1.08. The first-order valence-electron chi connectivity index (χ1n) is 10.0. The number of anilines is 2. The molecule has 2 amide bonds. The van der Waals surface area contributed by atoms with Crippen molar-refractivity contribution in [3.8, 4) is 11.5 Å². The van der Waals surface area contributed by atoms with E-state index in [4.69, 9.17) is 14.2 Å². The Morgan fingerprint density at radius 3 is 2.23 bits per heavy atom. The molecular weight excluding hydrogens is 469 g/mol. The second-order valence-electron chi connectivity index (χ2n) is 6.94. The average molecular weight is 488 g/mol. The summed E-state index contributed by atoms with van der Waals surface area (Å²) in [5.74, 6) is -6.06. The third-order valence-electron chi connectivity index (χ3n) is 4.46. The smallest absolute Gasteiger partial charge is 0.338 e. The molecule has 0 saturated heterocycles. The number of esters is 1. The van der Waals surface area contributed by atoms with Gasteiger partial charge in [-0.2, -0.15) is 0 Å². The van der Waals surface area contributed by atoms with Gasteiger partial charge in [-0.15, -0.1) is 0 Å². The lowest BCUT2D eigenvalue weighted by Crippen LogP contribution is -2.22. The van der Waals surface area contributed by atoms with Crippen molar-refractivity contribution in [2.45, 2.75) is 0 Å². The standard InChI is InChI=1S/C24H19F3N2O6/c1-33-17-4-2-3-15(11-17)28-20(30)12-34-16-7-5-14(6-8-16)24(32)35-13-21(31)29-19-10-9-18(25)22(26)23(19)27/h2-11H,12-13H2,1H3,(H,28,30)(H,29,31). The van der Waals surface area contributed by atoms with Gasteiger partial charge in [0.2, 0.25) is 0 Å². The molecule has 0 radical (unpaired) electrons. The molecule has 0 fully saturated rings. The largest absolute Gasteiger partial charge is 0.497 e. The molecule has 0 aliphatic carbocycles. The lowest BCUT2D eigenvalue weighted by atomic mass is 10.2. The Morgan fingerprint density at radius 2 is 1.51 bits per heavy atom. The van der Waals surface area contributed by atoms with Gasteiger partial charge in [-0.05, 0) is 48.5 Å². The number of hydrogen-bond acceptors (Lipinski definition) is 6. The molecule has 3 aromatic carbocycles. The predicted octanol–water partition coefficient (Wildman–Crippen LogP) is 3.93. The van der Waals surface area contributed by atoms with Gasteiger partial charge in [0.15, 0.2) is 30.7 Å². The van der Waals surface area contributed by atoms with E-state index in [0.29, 0.717) is 23.3 Å². The third kappa shape index (κ3) is 6.97. The van der Waals surface area contributed by atoms with Crippen LogP contribution in [0.1, 0.15) is 10.4 Å². The highest BCUT2D eigenvalue weighted by Gasteiger charge is 2.16. The molecule has 0 bridgehead atoms. The zero-order valence-corrected chi connectivity index (χ0v) is 18.3. The molecule has 11 heteroatoms. The van der Waals surface area contributed by atoms with E-state index in [9.17, 15) is 27.6 Å². The third-order valence-corrected chi connectivity index (χ3v) is 4.46. The van der Waals surface area contributed by atoms with E-state index in [1.807, 2.05) is 5.32 Å². The Morgan fingerprint density at radius 1 is 0.800 bits per heavy atom. The van der Waals surface area contributed by atoms with Gasteiger partial charge in [0.05, 0.1) is 18.4 Å². The average Bonchev–Trinajstić information content (AvgIpc) is 2.86. The molecule has 0 aliphatic rings. The SMILES string of the molecule is COc1cccc(NC(=O)COc2ccc(C(=O)OCC(=O)Nc3ccc(F)c(F)c3F)cc2)c1. The van der Waals surface area contributed by atoms with E-state index in [1.165, 1.54) is 31.4 Å². The molecule has 3 rings (SSSR count). The lowest BCUT2D eigenvalue weighted by molar-refractivity contribution is -0.119. The quantitative estimate of drug-likeness (QED) is 0.350. The van der Waals surface area contributed by atoms with Gasteiger partial charge in [0.25, 0.3) is 11.8 Å². The normalized spacial score (nSPS) is 10.3. The first kappa shape index (κ1) is 25.1. The molecule has 2 N–H and O–H groups in total. The summed E-state index contributed by atoms with van der Waals surface area (Å²) >= 11 is 0. The van der Waals surface area contributed by atoms with Gasteiger partial charge < -0.3 is 24.8 Å². The number of amides is 2. The number of rotatable bonds is 9. The topological polar surface area (TPSA) is 103 Å². The number of carbonyl (C=O) groups excluding carboxylic acids is 3. The van der Waals surface area contributed by atoms with Gasteiger partial charge in [0, 0.05) is 11.8 Å². The van der Waals surface area contributed by atoms with Crippen molar-refractivity contribution in [2.24, 2.45) is 0 Å². The summed E-state index contributed by atoms with van der Waals surface area (Å²) in [6.07, 6.45) is 0. The Balaban J connectivity index is 1.45. The number of hydrogen-bond donors (Lipinski definition) is 2. The zero-order valence-electron chi connectivity index (χ0n) is 18.3. The van der Waals surface area contributed by atoms with Crippen LogP contribution >= 0.6 is 0 Å². The molecule has 0 heterocycles. The maximum Gasteiger partial charge on any atom is 0.338 e. The molecule has 0 saturated carbocycles. The minimum Gasteiger partial charge on any atom is -0.497 e. The van der Waals surface area contributed by atoms with Crippen molar-refractivity contribution in [1.82, 2.24) is 0 Å². The highest BCUT2D eigenvalue weighted by atomic mass is 19.2. The summed E-state index contributed by atoms with van der Waals surface area (Å²) < 4.78 is 55.0. The van der Waals surface area contributed by atoms with Crippen molar-refractivity contribution in [1.29, 1.82) is 0 Å². The van der Waals surface area contributed by atoms with E-state index >= 15 is 0 Å². The number of halogens is 3. The van der Waals surface area contributed by atoms with Crippen LogP contribution in [0.3, 0.4) is 0 Å². The van der Waals surface area contributed by atoms with Crippen LogP contribution in [-0.4, -0.2) is 38.1 Å². The Bertz CT molecular complexity index is 1230. The van der Waals surface area contributed by atoms with Crippen molar-refractivity contribution in [2.75, 3.05) is 31.0 Å². The fraction of sp³-hybridized carbons (Fsp3) is 0.125. The molecule has 0 aliphatic heterocycles. The molecule has 182 valence electrons. The fourth-order valence-corrected chi connectivity index (χ4v) is 2.76. The lowest BCUT2D eigenvalue weighted by Gasteiger charge is -2.10. The Hall–Kier alpha value is -4.54. The van der Waals surface area contributed by atoms with Gasteiger partial charge in [-0.25, -0.2) is 18.0 Å². The van der Waals surface area contributed by atoms with E-state index in [1.54, 1.807) is 24.3 Å². The van der Waals surface area contributed by atoms with Gasteiger partial charge in [0.1, 0.15) is 11.5 Å². The molecule has 0 unspecified atom stereocenters. The molecule has 0 atom stereocenters. The van der Waals surface area contributed by atoms with Gasteiger partial charge >= 0.3 is 5.97 Å². The van der Waals surface area contributed by atoms with Crippen molar-refractivity contribution < 1.29 is 41.8 Å². The highest BCUT2D eigenvalue weighted by molar-refractivity contribution is 5.95. The highest BCUT2D eigenvalue weighted by Crippen LogP contribution is 2.20. The maximum atomic E-state index is 13.6. The molecule has 8 nitrogen and oxygen atoms in total. The number of methoxy groups -OCH3 is 1. The zero-order chi connectivity index (χ0) is 25.4. The summed E-state index contributed by atoms with van der Waals surface area (Å²) in [5.41, 5.74) is 0.0132. The number of nitrogens with one attached hydrogen (secondary N) is 2. The summed E-state index contributed by atoms with van der Waals surface area (Å²) in [5, 5.41) is 4.63. The molecule has 0 aromatic heterocycles. The first-order chi connectivity index (χ1) is 16.8. The molecule has 3 aromatic rings. The minimum atomic E-state index is -1.74. The monoisotopic (exact) mass is 488 g/mol. The van der Waals surface area contributed by atoms with Crippen molar-refractivity contribution in [3.63, 3.8) is 0 Å². The molecule has 35 heavy (non-hydrogen) atoms. The molecular formula is C24H19F3N2O6. The second kappa shape index (κ2) is 11.5. The predicted molar refractivity (Wildman–Crippen MR) is 119 cm³/mol. The number of carbonyl (C=O) groups is 3. The van der Waals surface area contributed by atoms with Crippen LogP contribution in [0.4, 0.5) is 24.5 Å². The number of ether oxygens (including phenoxy) is 3. The van der Waals surface area contributed by atoms with Crippen LogP contribution in [-0.2, 0) is 14.3 Å². The van der Waals surface area contributed by atoms with Crippen molar-refractivity contribution >= 4 is 29.2 Å². The molecule has 0 spiro atoms. The van der Waals surface area contributed by atoms with Crippen molar-refractivity contribution in [3.05, 3.63) is 83.7 Å². The van der Waals surface area contributed by atoms with E-state index < -0.39 is 47.5 Å². The van der Waals surface area contributed by atoms with Gasteiger partial charge in [-0.3, -0.25) is 9.59 Å².